The first-order chi connectivity index (χ1) is 8.47. The van der Waals surface area contributed by atoms with Crippen LogP contribution in [-0.4, -0.2) is 28.0 Å². The van der Waals surface area contributed by atoms with Crippen molar-refractivity contribution in [1.82, 2.24) is 0 Å². The number of carboxylic acids is 1. The van der Waals surface area contributed by atoms with Crippen LogP contribution in [0.5, 0.6) is 0 Å². The Bertz CT molecular complexity index is 439. The monoisotopic (exact) mass is 287 g/mol. The SMILES string of the molecule is CC(CC(=O)O)SCC(=O)Nc1cccc(Cl)c1. The minimum atomic E-state index is -0.856. The molecule has 1 amide bonds. The average Bonchev–Trinajstić information content (AvgIpc) is 2.25. The molecule has 0 saturated carbocycles. The van der Waals surface area contributed by atoms with Crippen LogP contribution in [0.3, 0.4) is 0 Å². The number of aliphatic carboxylic acids is 1. The molecule has 98 valence electrons. The lowest BCUT2D eigenvalue weighted by Crippen LogP contribution is -2.16. The second-order valence-electron chi connectivity index (χ2n) is 3.78. The van der Waals surface area contributed by atoms with Crippen LogP contribution in [0.4, 0.5) is 5.69 Å². The van der Waals surface area contributed by atoms with E-state index in [1.165, 1.54) is 11.8 Å². The van der Waals surface area contributed by atoms with Crippen molar-refractivity contribution in [3.63, 3.8) is 0 Å². The number of nitrogens with one attached hydrogen (secondary N) is 1. The molecule has 0 spiro atoms. The Balaban J connectivity index is 2.36. The van der Waals surface area contributed by atoms with Gasteiger partial charge in [-0.2, -0.15) is 0 Å². The molecule has 2 N–H and O–H groups in total. The lowest BCUT2D eigenvalue weighted by Gasteiger charge is -2.09. The van der Waals surface area contributed by atoms with Gasteiger partial charge in [-0.3, -0.25) is 9.59 Å². The molecule has 0 fully saturated rings. The van der Waals surface area contributed by atoms with E-state index in [0.717, 1.165) is 0 Å². The van der Waals surface area contributed by atoms with Crippen LogP contribution < -0.4 is 5.32 Å². The fourth-order valence-electron chi connectivity index (χ4n) is 1.29. The van der Waals surface area contributed by atoms with Gasteiger partial charge >= 0.3 is 5.97 Å². The number of carboxylic acid groups (broad SMARTS) is 1. The van der Waals surface area contributed by atoms with Crippen molar-refractivity contribution in [3.8, 4) is 0 Å². The molecule has 6 heteroatoms. The van der Waals surface area contributed by atoms with Gasteiger partial charge in [0, 0.05) is 16.0 Å². The number of benzene rings is 1. The first-order valence-electron chi connectivity index (χ1n) is 5.36. The molecule has 0 aromatic heterocycles. The van der Waals surface area contributed by atoms with Gasteiger partial charge in [0.1, 0.15) is 0 Å². The van der Waals surface area contributed by atoms with E-state index in [1.54, 1.807) is 31.2 Å². The molecule has 0 aliphatic heterocycles. The van der Waals surface area contributed by atoms with Crippen molar-refractivity contribution in [2.75, 3.05) is 11.1 Å². The van der Waals surface area contributed by atoms with Gasteiger partial charge in [0.25, 0.3) is 0 Å². The summed E-state index contributed by atoms with van der Waals surface area (Å²) in [5.41, 5.74) is 0.638. The maximum absolute atomic E-state index is 11.6. The zero-order valence-electron chi connectivity index (χ0n) is 9.85. The van der Waals surface area contributed by atoms with Gasteiger partial charge in [0.15, 0.2) is 0 Å². The first-order valence-corrected chi connectivity index (χ1v) is 6.79. The van der Waals surface area contributed by atoms with E-state index in [1.807, 2.05) is 0 Å². The van der Waals surface area contributed by atoms with Gasteiger partial charge in [-0.1, -0.05) is 24.6 Å². The quantitative estimate of drug-likeness (QED) is 0.844. The topological polar surface area (TPSA) is 66.4 Å². The van der Waals surface area contributed by atoms with Crippen molar-refractivity contribution >= 4 is 40.9 Å². The molecular formula is C12H14ClNO3S. The highest BCUT2D eigenvalue weighted by molar-refractivity contribution is 8.00. The zero-order valence-corrected chi connectivity index (χ0v) is 11.4. The molecule has 0 aliphatic carbocycles. The number of hydrogen-bond acceptors (Lipinski definition) is 3. The Morgan fingerprint density at radius 2 is 2.22 bits per heavy atom. The highest BCUT2D eigenvalue weighted by atomic mass is 35.5. The number of amides is 1. The molecular weight excluding hydrogens is 274 g/mol. The normalized spacial score (nSPS) is 11.9. The van der Waals surface area contributed by atoms with E-state index in [0.29, 0.717) is 10.7 Å². The minimum absolute atomic E-state index is 0.0507. The highest BCUT2D eigenvalue weighted by Crippen LogP contribution is 2.17. The van der Waals surface area contributed by atoms with Crippen LogP contribution in [0.25, 0.3) is 0 Å². The van der Waals surface area contributed by atoms with Gasteiger partial charge in [0.2, 0.25) is 5.91 Å². The molecule has 0 bridgehead atoms. The average molecular weight is 288 g/mol. The van der Waals surface area contributed by atoms with Gasteiger partial charge in [-0.15, -0.1) is 11.8 Å². The standard InChI is InChI=1S/C12H14ClNO3S/c1-8(5-12(16)17)18-7-11(15)14-10-4-2-3-9(13)6-10/h2-4,6,8H,5,7H2,1H3,(H,14,15)(H,16,17). The lowest BCUT2D eigenvalue weighted by atomic mass is 10.3. The molecule has 1 aromatic rings. The molecule has 0 radical (unpaired) electrons. The van der Waals surface area contributed by atoms with Gasteiger partial charge < -0.3 is 10.4 Å². The Morgan fingerprint density at radius 3 is 2.83 bits per heavy atom. The second-order valence-corrected chi connectivity index (χ2v) is 5.64. The van der Waals surface area contributed by atoms with Gasteiger partial charge in [0.05, 0.1) is 12.2 Å². The summed E-state index contributed by atoms with van der Waals surface area (Å²) < 4.78 is 0. The summed E-state index contributed by atoms with van der Waals surface area (Å²) in [7, 11) is 0. The fourth-order valence-corrected chi connectivity index (χ4v) is 2.24. The highest BCUT2D eigenvalue weighted by Gasteiger charge is 2.10. The van der Waals surface area contributed by atoms with Crippen molar-refractivity contribution < 1.29 is 14.7 Å². The van der Waals surface area contributed by atoms with Crippen molar-refractivity contribution in [2.45, 2.75) is 18.6 Å². The van der Waals surface area contributed by atoms with Crippen LogP contribution in [0.15, 0.2) is 24.3 Å². The number of carbonyl (C=O) groups is 2. The van der Waals surface area contributed by atoms with Crippen LogP contribution in [-0.2, 0) is 9.59 Å². The predicted octanol–water partition coefficient (Wildman–Crippen LogP) is 2.87. The summed E-state index contributed by atoms with van der Waals surface area (Å²) in [6, 6.07) is 6.87. The molecule has 4 nitrogen and oxygen atoms in total. The maximum atomic E-state index is 11.6. The number of thioether (sulfide) groups is 1. The first kappa shape index (κ1) is 14.9. The Labute approximate surface area is 115 Å². The zero-order chi connectivity index (χ0) is 13.5. The van der Waals surface area contributed by atoms with Crippen molar-refractivity contribution in [1.29, 1.82) is 0 Å². The summed E-state index contributed by atoms with van der Waals surface area (Å²) in [6.07, 6.45) is 0.0507. The number of hydrogen-bond donors (Lipinski definition) is 2. The van der Waals surface area contributed by atoms with E-state index in [2.05, 4.69) is 5.32 Å². The number of anilines is 1. The van der Waals surface area contributed by atoms with E-state index >= 15 is 0 Å². The maximum Gasteiger partial charge on any atom is 0.304 e. The Morgan fingerprint density at radius 1 is 1.50 bits per heavy atom. The second kappa shape index (κ2) is 7.28. The number of carbonyl (C=O) groups excluding carboxylic acids is 1. The molecule has 0 heterocycles. The van der Waals surface area contributed by atoms with Crippen LogP contribution in [0, 0.1) is 0 Å². The summed E-state index contributed by atoms with van der Waals surface area (Å²) in [4.78, 5) is 22.0. The molecule has 1 aromatic carbocycles. The predicted molar refractivity (Wildman–Crippen MR) is 74.3 cm³/mol. The van der Waals surface area contributed by atoms with E-state index in [4.69, 9.17) is 16.7 Å². The third-order valence-electron chi connectivity index (χ3n) is 2.07. The summed E-state index contributed by atoms with van der Waals surface area (Å²) in [5.74, 6) is -0.800. The molecule has 0 aliphatic rings. The molecule has 1 unspecified atom stereocenters. The Kier molecular flexibility index (Phi) is 6.01. The molecule has 0 saturated heterocycles. The molecule has 18 heavy (non-hydrogen) atoms. The van der Waals surface area contributed by atoms with E-state index < -0.39 is 5.97 Å². The van der Waals surface area contributed by atoms with Crippen LogP contribution >= 0.6 is 23.4 Å². The smallest absolute Gasteiger partial charge is 0.304 e. The van der Waals surface area contributed by atoms with Gasteiger partial charge in [-0.25, -0.2) is 0 Å². The van der Waals surface area contributed by atoms with Crippen LogP contribution in [0.1, 0.15) is 13.3 Å². The third kappa shape index (κ3) is 5.93. The van der Waals surface area contributed by atoms with Crippen LogP contribution in [0.2, 0.25) is 5.02 Å². The Hall–Kier alpha value is -1.20. The minimum Gasteiger partial charge on any atom is -0.481 e. The lowest BCUT2D eigenvalue weighted by molar-refractivity contribution is -0.136. The molecule has 1 atom stereocenters. The number of rotatable bonds is 6. The summed E-state index contributed by atoms with van der Waals surface area (Å²) in [6.45, 7) is 1.78. The largest absolute Gasteiger partial charge is 0.481 e. The number of halogens is 1. The van der Waals surface area contributed by atoms with E-state index in [9.17, 15) is 9.59 Å². The fraction of sp³-hybridized carbons (Fsp3) is 0.333. The summed E-state index contributed by atoms with van der Waals surface area (Å²) in [5, 5.41) is 11.8. The van der Waals surface area contributed by atoms with E-state index in [-0.39, 0.29) is 23.3 Å². The summed E-state index contributed by atoms with van der Waals surface area (Å²) >= 11 is 7.10. The van der Waals surface area contributed by atoms with Gasteiger partial charge in [-0.05, 0) is 18.2 Å². The molecule has 1 rings (SSSR count). The third-order valence-corrected chi connectivity index (χ3v) is 3.47. The van der Waals surface area contributed by atoms with Crippen molar-refractivity contribution in [2.24, 2.45) is 0 Å². The van der Waals surface area contributed by atoms with Crippen molar-refractivity contribution in [3.05, 3.63) is 29.3 Å².